The van der Waals surface area contributed by atoms with Crippen LogP contribution >= 0.6 is 0 Å². The molecule has 0 heterocycles. The molecular weight excluding hydrogens is 199 g/mol. The monoisotopic (exact) mass is 210 g/mol. The minimum atomic E-state index is -3.51. The summed E-state index contributed by atoms with van der Waals surface area (Å²) < 4.78 is 26.5. The average molecular weight is 210 g/mol. The van der Waals surface area contributed by atoms with Crippen molar-refractivity contribution in [3.63, 3.8) is 0 Å². The minimum Gasteiger partial charge on any atom is -1.00 e. The van der Waals surface area contributed by atoms with Crippen molar-refractivity contribution in [3.05, 3.63) is 29.8 Å². The van der Waals surface area contributed by atoms with Crippen LogP contribution in [-0.4, -0.2) is 15.5 Å². The SMILES string of the molecule is COS(=O)(=O)c1ccc(C)cc1.[H-].[Na+]. The molecule has 0 spiro atoms. The summed E-state index contributed by atoms with van der Waals surface area (Å²) in [6.07, 6.45) is 0. The zero-order chi connectivity index (χ0) is 9.19. The topological polar surface area (TPSA) is 43.4 Å². The summed E-state index contributed by atoms with van der Waals surface area (Å²) in [5, 5.41) is 0. The van der Waals surface area contributed by atoms with Crippen LogP contribution in [0.1, 0.15) is 6.99 Å². The van der Waals surface area contributed by atoms with Crippen molar-refractivity contribution in [2.24, 2.45) is 0 Å². The van der Waals surface area contributed by atoms with Crippen LogP contribution in [0.4, 0.5) is 0 Å². The molecule has 0 amide bonds. The van der Waals surface area contributed by atoms with Crippen molar-refractivity contribution < 1.29 is 43.6 Å². The van der Waals surface area contributed by atoms with Crippen molar-refractivity contribution in [2.75, 3.05) is 7.11 Å². The third-order valence-electron chi connectivity index (χ3n) is 1.53. The molecule has 0 saturated carbocycles. The molecule has 0 aliphatic carbocycles. The molecule has 13 heavy (non-hydrogen) atoms. The van der Waals surface area contributed by atoms with Crippen molar-refractivity contribution in [3.8, 4) is 0 Å². The molecule has 1 rings (SSSR count). The molecule has 0 atom stereocenters. The van der Waals surface area contributed by atoms with Gasteiger partial charge in [0.15, 0.2) is 0 Å². The Morgan fingerprint density at radius 1 is 1.23 bits per heavy atom. The van der Waals surface area contributed by atoms with Gasteiger partial charge in [-0.2, -0.15) is 8.42 Å². The van der Waals surface area contributed by atoms with E-state index >= 15 is 0 Å². The molecule has 68 valence electrons. The Kier molecular flexibility index (Phi) is 5.17. The second kappa shape index (κ2) is 5.12. The van der Waals surface area contributed by atoms with Gasteiger partial charge in [-0.3, -0.25) is 4.18 Å². The number of hydrogen-bond donors (Lipinski definition) is 0. The van der Waals surface area contributed by atoms with Gasteiger partial charge in [0, 0.05) is 0 Å². The standard InChI is InChI=1S/C8H10O3S.Na.H/c1-7-3-5-8(6-4-7)12(9,10)11-2;;/h3-6H,1-2H3;;/q;+1;-1. The van der Waals surface area contributed by atoms with Crippen LogP contribution in [0.15, 0.2) is 29.2 Å². The molecule has 0 saturated heterocycles. The van der Waals surface area contributed by atoms with Gasteiger partial charge in [0.05, 0.1) is 12.0 Å². The molecule has 5 heteroatoms. The summed E-state index contributed by atoms with van der Waals surface area (Å²) in [6, 6.07) is 6.50. The van der Waals surface area contributed by atoms with E-state index in [-0.39, 0.29) is 35.9 Å². The first-order valence-corrected chi connectivity index (χ1v) is 4.84. The van der Waals surface area contributed by atoms with E-state index < -0.39 is 10.1 Å². The fourth-order valence-corrected chi connectivity index (χ4v) is 1.46. The van der Waals surface area contributed by atoms with E-state index in [9.17, 15) is 8.42 Å². The molecule has 0 aliphatic heterocycles. The van der Waals surface area contributed by atoms with Gasteiger partial charge in [-0.25, -0.2) is 0 Å². The smallest absolute Gasteiger partial charge is 1.00 e. The van der Waals surface area contributed by atoms with Gasteiger partial charge in [-0.15, -0.1) is 0 Å². The van der Waals surface area contributed by atoms with Crippen LogP contribution < -0.4 is 29.6 Å². The second-order valence-corrected chi connectivity index (χ2v) is 4.15. The average Bonchev–Trinajstić information content (AvgIpc) is 2.05. The molecule has 0 radical (unpaired) electrons. The molecule has 0 unspecified atom stereocenters. The maximum atomic E-state index is 11.1. The van der Waals surface area contributed by atoms with Crippen LogP contribution in [0.5, 0.6) is 0 Å². The molecular formula is C8H11NaO3S. The van der Waals surface area contributed by atoms with Gasteiger partial charge in [0.2, 0.25) is 0 Å². The number of hydrogen-bond acceptors (Lipinski definition) is 3. The first kappa shape index (κ1) is 13.1. The van der Waals surface area contributed by atoms with E-state index in [0.717, 1.165) is 12.7 Å². The zero-order valence-electron chi connectivity index (χ0n) is 8.94. The van der Waals surface area contributed by atoms with Gasteiger partial charge in [-0.1, -0.05) is 17.7 Å². The fraction of sp³-hybridized carbons (Fsp3) is 0.250. The summed E-state index contributed by atoms with van der Waals surface area (Å²) in [5.74, 6) is 0. The van der Waals surface area contributed by atoms with Gasteiger partial charge >= 0.3 is 29.6 Å². The van der Waals surface area contributed by atoms with E-state index in [2.05, 4.69) is 4.18 Å². The molecule has 0 fully saturated rings. The molecule has 0 aliphatic rings. The van der Waals surface area contributed by atoms with Crippen LogP contribution in [0.2, 0.25) is 0 Å². The number of rotatable bonds is 2. The van der Waals surface area contributed by atoms with E-state index in [1.165, 1.54) is 12.1 Å². The van der Waals surface area contributed by atoms with E-state index in [1.54, 1.807) is 12.1 Å². The van der Waals surface area contributed by atoms with Gasteiger partial charge in [0.25, 0.3) is 10.1 Å². The summed E-state index contributed by atoms with van der Waals surface area (Å²) >= 11 is 0. The van der Waals surface area contributed by atoms with Crippen molar-refractivity contribution in [1.29, 1.82) is 0 Å². The quantitative estimate of drug-likeness (QED) is 0.438. The largest absolute Gasteiger partial charge is 1.00 e. The van der Waals surface area contributed by atoms with Crippen LogP contribution in [-0.2, 0) is 14.3 Å². The van der Waals surface area contributed by atoms with E-state index in [1.807, 2.05) is 6.92 Å². The maximum absolute atomic E-state index is 11.1. The van der Waals surface area contributed by atoms with Gasteiger partial charge < -0.3 is 1.43 Å². The third-order valence-corrected chi connectivity index (χ3v) is 2.82. The molecule has 1 aromatic rings. The van der Waals surface area contributed by atoms with Crippen molar-refractivity contribution in [2.45, 2.75) is 11.8 Å². The Morgan fingerprint density at radius 2 is 1.69 bits per heavy atom. The normalized spacial score (nSPS) is 10.6. The Morgan fingerprint density at radius 3 is 2.08 bits per heavy atom. The first-order valence-electron chi connectivity index (χ1n) is 3.43. The number of benzene rings is 1. The minimum absolute atomic E-state index is 0. The Labute approximate surface area is 102 Å². The molecule has 0 bridgehead atoms. The summed E-state index contributed by atoms with van der Waals surface area (Å²) in [6.45, 7) is 1.89. The Bertz CT molecular complexity index is 361. The summed E-state index contributed by atoms with van der Waals surface area (Å²) in [4.78, 5) is 0.190. The number of aryl methyl sites for hydroxylation is 1. The summed E-state index contributed by atoms with van der Waals surface area (Å²) in [5.41, 5.74) is 1.02. The molecule has 3 nitrogen and oxygen atoms in total. The predicted molar refractivity (Wildman–Crippen MR) is 46.5 cm³/mol. The predicted octanol–water partition coefficient (Wildman–Crippen LogP) is -1.55. The third kappa shape index (κ3) is 3.40. The molecule has 0 aromatic heterocycles. The second-order valence-electron chi connectivity index (χ2n) is 2.43. The fourth-order valence-electron chi connectivity index (χ4n) is 0.801. The van der Waals surface area contributed by atoms with Crippen molar-refractivity contribution >= 4 is 10.1 Å². The van der Waals surface area contributed by atoms with Crippen LogP contribution in [0.3, 0.4) is 0 Å². The Balaban J connectivity index is 0. The van der Waals surface area contributed by atoms with Crippen LogP contribution in [0, 0.1) is 6.92 Å². The van der Waals surface area contributed by atoms with Crippen LogP contribution in [0.25, 0.3) is 0 Å². The molecule has 0 N–H and O–H groups in total. The van der Waals surface area contributed by atoms with Gasteiger partial charge in [0.1, 0.15) is 0 Å². The molecule has 1 aromatic carbocycles. The first-order chi connectivity index (χ1) is 5.56. The maximum Gasteiger partial charge on any atom is 1.00 e. The van der Waals surface area contributed by atoms with Gasteiger partial charge in [-0.05, 0) is 19.1 Å². The van der Waals surface area contributed by atoms with E-state index in [4.69, 9.17) is 0 Å². The summed E-state index contributed by atoms with van der Waals surface area (Å²) in [7, 11) is -2.37. The Hall–Kier alpha value is 0.130. The van der Waals surface area contributed by atoms with Crippen molar-refractivity contribution in [1.82, 2.24) is 0 Å². The zero-order valence-corrected chi connectivity index (χ0v) is 10.8. The van der Waals surface area contributed by atoms with E-state index in [0.29, 0.717) is 0 Å².